The summed E-state index contributed by atoms with van der Waals surface area (Å²) < 4.78 is 6.68. The van der Waals surface area contributed by atoms with Crippen LogP contribution in [0.5, 0.6) is 0 Å². The molecule has 20 heavy (non-hydrogen) atoms. The van der Waals surface area contributed by atoms with Gasteiger partial charge in [0.05, 0.1) is 24.7 Å². The van der Waals surface area contributed by atoms with Crippen LogP contribution in [0.2, 0.25) is 0 Å². The van der Waals surface area contributed by atoms with Gasteiger partial charge in [-0.25, -0.2) is 9.67 Å². The van der Waals surface area contributed by atoms with Gasteiger partial charge in [0.25, 0.3) is 0 Å². The smallest absolute Gasteiger partial charge is 0.243 e. The lowest BCUT2D eigenvalue weighted by Crippen LogP contribution is -2.39. The number of rotatable bonds is 5. The van der Waals surface area contributed by atoms with E-state index >= 15 is 0 Å². The molecule has 2 rings (SSSR count). The van der Waals surface area contributed by atoms with E-state index in [-0.39, 0.29) is 18.6 Å². The molecule has 0 aromatic carbocycles. The molecular formula is C13H19N5O2. The molecule has 7 heteroatoms. The fraction of sp³-hybridized carbons (Fsp3) is 0.462. The summed E-state index contributed by atoms with van der Waals surface area (Å²) in [5.74, 6) is -0.302. The second-order valence-corrected chi connectivity index (χ2v) is 4.87. The quantitative estimate of drug-likeness (QED) is 0.847. The summed E-state index contributed by atoms with van der Waals surface area (Å²) in [4.78, 5) is 16.1. The van der Waals surface area contributed by atoms with E-state index in [0.29, 0.717) is 5.69 Å². The zero-order valence-electron chi connectivity index (χ0n) is 11.8. The first-order valence-electron chi connectivity index (χ1n) is 6.41. The maximum Gasteiger partial charge on any atom is 0.243 e. The third-order valence-corrected chi connectivity index (χ3v) is 2.87. The van der Waals surface area contributed by atoms with E-state index in [0.717, 1.165) is 11.0 Å². The van der Waals surface area contributed by atoms with Crippen molar-refractivity contribution in [3.05, 3.63) is 18.5 Å². The summed E-state index contributed by atoms with van der Waals surface area (Å²) in [6, 6.07) is 1.36. The van der Waals surface area contributed by atoms with Crippen molar-refractivity contribution in [1.82, 2.24) is 14.8 Å². The minimum absolute atomic E-state index is 0.173. The minimum atomic E-state index is -0.700. The van der Waals surface area contributed by atoms with Crippen molar-refractivity contribution < 1.29 is 9.53 Å². The van der Waals surface area contributed by atoms with E-state index in [4.69, 9.17) is 10.5 Å². The minimum Gasteiger partial charge on any atom is -0.383 e. The predicted octanol–water partition coefficient (Wildman–Crippen LogP) is 0.924. The molecule has 1 amide bonds. The molecule has 0 aliphatic heterocycles. The molecule has 0 aliphatic rings. The van der Waals surface area contributed by atoms with Crippen LogP contribution in [0.1, 0.15) is 19.9 Å². The standard InChI is InChI=1S/C13H19N5O2/c1-8(2)18-12-9(5-16-18)4-10(6-15-12)17-13(19)11(14)7-20-3/h4-6,8,11H,7,14H2,1-3H3,(H,17,19). The SMILES string of the molecule is COCC(N)C(=O)Nc1cnc2c(cnn2C(C)C)c1. The van der Waals surface area contributed by atoms with Gasteiger partial charge < -0.3 is 15.8 Å². The molecule has 108 valence electrons. The van der Waals surface area contributed by atoms with Gasteiger partial charge in [0.1, 0.15) is 6.04 Å². The Morgan fingerprint density at radius 3 is 2.90 bits per heavy atom. The van der Waals surface area contributed by atoms with Crippen LogP contribution in [0.4, 0.5) is 5.69 Å². The Labute approximate surface area is 117 Å². The van der Waals surface area contributed by atoms with Crippen LogP contribution in [0, 0.1) is 0 Å². The van der Waals surface area contributed by atoms with Gasteiger partial charge in [-0.3, -0.25) is 4.79 Å². The highest BCUT2D eigenvalue weighted by Crippen LogP contribution is 2.19. The van der Waals surface area contributed by atoms with Crippen LogP contribution in [0.15, 0.2) is 18.5 Å². The number of anilines is 1. The number of pyridine rings is 1. The third kappa shape index (κ3) is 2.94. The normalized spacial score (nSPS) is 12.8. The molecule has 0 aliphatic carbocycles. The molecule has 0 saturated carbocycles. The number of amides is 1. The first-order valence-corrected chi connectivity index (χ1v) is 6.41. The number of nitrogens with two attached hydrogens (primary N) is 1. The van der Waals surface area contributed by atoms with E-state index in [9.17, 15) is 4.79 Å². The molecule has 0 radical (unpaired) electrons. The maximum atomic E-state index is 11.8. The molecule has 2 aromatic heterocycles. The van der Waals surface area contributed by atoms with E-state index in [2.05, 4.69) is 15.4 Å². The number of fused-ring (bicyclic) bond motifs is 1. The Balaban J connectivity index is 2.18. The van der Waals surface area contributed by atoms with Crippen molar-refractivity contribution in [1.29, 1.82) is 0 Å². The van der Waals surface area contributed by atoms with Gasteiger partial charge in [0.15, 0.2) is 5.65 Å². The molecule has 0 fully saturated rings. The summed E-state index contributed by atoms with van der Waals surface area (Å²) >= 11 is 0. The van der Waals surface area contributed by atoms with E-state index < -0.39 is 6.04 Å². The maximum absolute atomic E-state index is 11.8. The van der Waals surface area contributed by atoms with Gasteiger partial charge in [0, 0.05) is 18.5 Å². The van der Waals surface area contributed by atoms with Gasteiger partial charge in [-0.15, -0.1) is 0 Å². The molecule has 0 saturated heterocycles. The van der Waals surface area contributed by atoms with Crippen LogP contribution >= 0.6 is 0 Å². The Kier molecular flexibility index (Phi) is 4.31. The number of nitrogens with one attached hydrogen (secondary N) is 1. The number of ether oxygens (including phenoxy) is 1. The summed E-state index contributed by atoms with van der Waals surface area (Å²) in [7, 11) is 1.50. The van der Waals surface area contributed by atoms with Crippen LogP contribution < -0.4 is 11.1 Å². The molecule has 1 unspecified atom stereocenters. The number of carbonyl (C=O) groups is 1. The average Bonchev–Trinajstić information content (AvgIpc) is 2.82. The van der Waals surface area contributed by atoms with Crippen LogP contribution in [-0.4, -0.2) is 40.4 Å². The number of carbonyl (C=O) groups excluding carboxylic acids is 1. The van der Waals surface area contributed by atoms with Crippen molar-refractivity contribution in [2.45, 2.75) is 25.9 Å². The van der Waals surface area contributed by atoms with Crippen molar-refractivity contribution in [2.24, 2.45) is 5.73 Å². The Hall–Kier alpha value is -1.99. The number of hydrogen-bond donors (Lipinski definition) is 2. The number of nitrogens with zero attached hydrogens (tertiary/aromatic N) is 3. The summed E-state index contributed by atoms with van der Waals surface area (Å²) in [5, 5.41) is 7.86. The average molecular weight is 277 g/mol. The lowest BCUT2D eigenvalue weighted by Gasteiger charge is -2.11. The second kappa shape index (κ2) is 5.98. The van der Waals surface area contributed by atoms with Gasteiger partial charge in [-0.05, 0) is 19.9 Å². The lowest BCUT2D eigenvalue weighted by molar-refractivity contribution is -0.118. The molecule has 1 atom stereocenters. The Morgan fingerprint density at radius 2 is 2.25 bits per heavy atom. The van der Waals surface area contributed by atoms with Crippen LogP contribution in [0.3, 0.4) is 0 Å². The Bertz CT molecular complexity index is 608. The zero-order valence-corrected chi connectivity index (χ0v) is 11.8. The predicted molar refractivity (Wildman–Crippen MR) is 76.4 cm³/mol. The van der Waals surface area contributed by atoms with E-state index in [1.54, 1.807) is 12.4 Å². The molecule has 0 bridgehead atoms. The van der Waals surface area contributed by atoms with E-state index in [1.807, 2.05) is 24.6 Å². The van der Waals surface area contributed by atoms with Crippen molar-refractivity contribution in [3.63, 3.8) is 0 Å². The fourth-order valence-corrected chi connectivity index (χ4v) is 1.88. The molecule has 0 spiro atoms. The fourth-order valence-electron chi connectivity index (χ4n) is 1.88. The molecular weight excluding hydrogens is 258 g/mol. The molecule has 2 aromatic rings. The lowest BCUT2D eigenvalue weighted by atomic mass is 10.2. The van der Waals surface area contributed by atoms with Crippen molar-refractivity contribution in [2.75, 3.05) is 19.0 Å². The molecule has 7 nitrogen and oxygen atoms in total. The largest absolute Gasteiger partial charge is 0.383 e. The first-order chi connectivity index (χ1) is 9.52. The number of methoxy groups -OCH3 is 1. The highest BCUT2D eigenvalue weighted by molar-refractivity contribution is 5.96. The van der Waals surface area contributed by atoms with Gasteiger partial charge >= 0.3 is 0 Å². The highest BCUT2D eigenvalue weighted by atomic mass is 16.5. The Morgan fingerprint density at radius 1 is 1.50 bits per heavy atom. The molecule has 3 N–H and O–H groups in total. The number of aromatic nitrogens is 3. The third-order valence-electron chi connectivity index (χ3n) is 2.87. The van der Waals surface area contributed by atoms with Crippen molar-refractivity contribution in [3.8, 4) is 0 Å². The van der Waals surface area contributed by atoms with Gasteiger partial charge in [-0.2, -0.15) is 5.10 Å². The van der Waals surface area contributed by atoms with Gasteiger partial charge in [-0.1, -0.05) is 0 Å². The zero-order chi connectivity index (χ0) is 14.7. The second-order valence-electron chi connectivity index (χ2n) is 4.87. The molecule has 2 heterocycles. The monoisotopic (exact) mass is 277 g/mol. The highest BCUT2D eigenvalue weighted by Gasteiger charge is 2.14. The van der Waals surface area contributed by atoms with E-state index in [1.165, 1.54) is 7.11 Å². The summed E-state index contributed by atoms with van der Waals surface area (Å²) in [6.07, 6.45) is 3.33. The topological polar surface area (TPSA) is 95.1 Å². The van der Waals surface area contributed by atoms with Gasteiger partial charge in [0.2, 0.25) is 5.91 Å². The summed E-state index contributed by atoms with van der Waals surface area (Å²) in [6.45, 7) is 4.24. The van der Waals surface area contributed by atoms with Crippen LogP contribution in [-0.2, 0) is 9.53 Å². The van der Waals surface area contributed by atoms with Crippen molar-refractivity contribution >= 4 is 22.6 Å². The van der Waals surface area contributed by atoms with Crippen LogP contribution in [0.25, 0.3) is 11.0 Å². The summed E-state index contributed by atoms with van der Waals surface area (Å²) in [5.41, 5.74) is 7.04. The first kappa shape index (κ1) is 14.4. The number of hydrogen-bond acceptors (Lipinski definition) is 5.